The van der Waals surface area contributed by atoms with E-state index in [1.165, 1.54) is 11.1 Å². The van der Waals surface area contributed by atoms with E-state index < -0.39 is 5.41 Å². The maximum atomic E-state index is 12.4. The second-order valence-electron chi connectivity index (χ2n) is 12.1. The van der Waals surface area contributed by atoms with Crippen molar-refractivity contribution in [1.29, 1.82) is 0 Å². The Kier molecular flexibility index (Phi) is 5.70. The Balaban J connectivity index is 1.18. The number of carbonyl (C=O) groups excluding carboxylic acids is 1. The van der Waals surface area contributed by atoms with Crippen LogP contribution in [-0.4, -0.2) is 46.2 Å². The van der Waals surface area contributed by atoms with Crippen molar-refractivity contribution >= 4 is 17.6 Å². The molecule has 3 saturated carbocycles. The number of aromatic nitrogens is 3. The van der Waals surface area contributed by atoms with E-state index in [9.17, 15) is 4.79 Å². The van der Waals surface area contributed by atoms with Crippen molar-refractivity contribution in [3.63, 3.8) is 0 Å². The lowest BCUT2D eigenvalue weighted by Gasteiger charge is -2.69. The molecule has 3 heterocycles. The van der Waals surface area contributed by atoms with Crippen molar-refractivity contribution in [2.24, 2.45) is 10.8 Å². The molecular weight excluding hydrogens is 462 g/mol. The highest BCUT2D eigenvalue weighted by molar-refractivity contribution is 5.76. The zero-order valence-corrected chi connectivity index (χ0v) is 22.0. The Bertz CT molecular complexity index is 1270. The third kappa shape index (κ3) is 4.67. The van der Waals surface area contributed by atoms with Crippen LogP contribution in [0.1, 0.15) is 51.2 Å². The number of hydrogen-bond donors (Lipinski definition) is 1. The molecule has 7 nitrogen and oxygen atoms in total. The summed E-state index contributed by atoms with van der Waals surface area (Å²) in [5.41, 5.74) is 3.08. The van der Waals surface area contributed by atoms with Crippen LogP contribution in [0.2, 0.25) is 0 Å². The number of ether oxygens (including phenoxy) is 1. The van der Waals surface area contributed by atoms with Gasteiger partial charge in [-0.2, -0.15) is 0 Å². The highest BCUT2D eigenvalue weighted by Crippen LogP contribution is 2.69. The summed E-state index contributed by atoms with van der Waals surface area (Å²) in [4.78, 5) is 29.0. The van der Waals surface area contributed by atoms with Gasteiger partial charge in [-0.3, -0.25) is 9.78 Å². The maximum absolute atomic E-state index is 12.4. The van der Waals surface area contributed by atoms with Crippen molar-refractivity contribution in [1.82, 2.24) is 15.0 Å². The van der Waals surface area contributed by atoms with Gasteiger partial charge in [0.15, 0.2) is 5.82 Å². The number of esters is 1. The lowest BCUT2D eigenvalue weighted by atomic mass is 9.41. The van der Waals surface area contributed by atoms with Gasteiger partial charge in [-0.25, -0.2) is 9.97 Å². The van der Waals surface area contributed by atoms with Crippen LogP contribution in [-0.2, 0) is 22.4 Å². The summed E-state index contributed by atoms with van der Waals surface area (Å²) < 4.78 is 5.89. The van der Waals surface area contributed by atoms with Crippen LogP contribution in [0, 0.1) is 10.8 Å². The van der Waals surface area contributed by atoms with Crippen molar-refractivity contribution in [2.45, 2.75) is 58.5 Å². The van der Waals surface area contributed by atoms with Gasteiger partial charge in [0.2, 0.25) is 0 Å². The summed E-state index contributed by atoms with van der Waals surface area (Å²) in [5.74, 6) is 2.28. The molecule has 3 aliphatic carbocycles. The predicted octanol–water partition coefficient (Wildman–Crippen LogP) is 5.07. The number of pyridine rings is 1. The third-order valence-electron chi connectivity index (χ3n) is 8.01. The number of nitrogens with zero attached hydrogens (tertiary/aromatic N) is 4. The van der Waals surface area contributed by atoms with Crippen molar-refractivity contribution in [2.75, 3.05) is 29.9 Å². The van der Waals surface area contributed by atoms with Crippen LogP contribution in [0.15, 0.2) is 54.7 Å². The van der Waals surface area contributed by atoms with E-state index in [4.69, 9.17) is 14.7 Å². The number of hydrogen-bond acceptors (Lipinski definition) is 7. The van der Waals surface area contributed by atoms with Crippen LogP contribution < -0.4 is 10.2 Å². The van der Waals surface area contributed by atoms with Gasteiger partial charge >= 0.3 is 5.97 Å². The van der Waals surface area contributed by atoms with E-state index >= 15 is 0 Å². The van der Waals surface area contributed by atoms with Gasteiger partial charge in [-0.15, -0.1) is 0 Å². The quantitative estimate of drug-likeness (QED) is 0.477. The summed E-state index contributed by atoms with van der Waals surface area (Å²) in [6.45, 7) is 8.37. The summed E-state index contributed by atoms with van der Waals surface area (Å²) in [5, 5.41) is 3.60. The molecule has 4 aliphatic rings. The van der Waals surface area contributed by atoms with Gasteiger partial charge in [0.25, 0.3) is 0 Å². The number of benzene rings is 1. The maximum Gasteiger partial charge on any atom is 0.311 e. The molecule has 0 amide bonds. The molecule has 2 aromatic heterocycles. The highest BCUT2D eigenvalue weighted by Gasteiger charge is 2.70. The number of carbonyl (C=O) groups is 1. The highest BCUT2D eigenvalue weighted by atomic mass is 16.6. The third-order valence-corrected chi connectivity index (χ3v) is 8.01. The van der Waals surface area contributed by atoms with E-state index in [2.05, 4.69) is 45.5 Å². The van der Waals surface area contributed by atoms with E-state index in [1.807, 2.05) is 39.0 Å². The molecule has 0 radical (unpaired) electrons. The second kappa shape index (κ2) is 8.82. The summed E-state index contributed by atoms with van der Waals surface area (Å²) in [7, 11) is 0. The van der Waals surface area contributed by atoms with E-state index in [0.717, 1.165) is 69.1 Å². The number of rotatable bonds is 6. The van der Waals surface area contributed by atoms with Crippen molar-refractivity contribution < 1.29 is 9.53 Å². The first-order chi connectivity index (χ1) is 17.7. The minimum Gasteiger partial charge on any atom is -0.459 e. The van der Waals surface area contributed by atoms with E-state index in [0.29, 0.717) is 5.82 Å². The molecule has 0 atom stereocenters. The fourth-order valence-corrected chi connectivity index (χ4v) is 6.01. The van der Waals surface area contributed by atoms with Gasteiger partial charge in [0.05, 0.1) is 5.41 Å². The van der Waals surface area contributed by atoms with Crippen molar-refractivity contribution in [3.05, 3.63) is 65.9 Å². The Morgan fingerprint density at radius 2 is 1.68 bits per heavy atom. The molecule has 2 bridgehead atoms. The van der Waals surface area contributed by atoms with Crippen LogP contribution in [0.4, 0.5) is 11.6 Å². The Morgan fingerprint density at radius 1 is 1.00 bits per heavy atom. The minimum absolute atomic E-state index is 0.103. The number of nitrogens with one attached hydrogen (secondary N) is 1. The standard InChI is InChI=1S/C30H35N5O2/c1-28(2,3)27(36)37-30-17-29(18-30,19-30)20-32-24-16-25(34-26(33-24)23-10-6-7-13-31-23)35-14-11-21-8-4-5-9-22(21)12-15-35/h4-10,13,16H,11-12,14-15,17-20H2,1-3H3,(H,32,33,34). The molecular formula is C30H35N5O2. The molecule has 3 aromatic rings. The molecule has 0 spiro atoms. The fourth-order valence-electron chi connectivity index (χ4n) is 6.01. The molecule has 7 rings (SSSR count). The summed E-state index contributed by atoms with van der Waals surface area (Å²) >= 11 is 0. The monoisotopic (exact) mass is 497 g/mol. The zero-order valence-electron chi connectivity index (χ0n) is 22.0. The zero-order chi connectivity index (χ0) is 25.7. The Labute approximate surface area is 218 Å². The van der Waals surface area contributed by atoms with Crippen LogP contribution in [0.3, 0.4) is 0 Å². The topological polar surface area (TPSA) is 80.2 Å². The molecule has 1 N–H and O–H groups in total. The fraction of sp³-hybridized carbons (Fsp3) is 0.467. The minimum atomic E-state index is -0.464. The van der Waals surface area contributed by atoms with E-state index in [1.54, 1.807) is 6.20 Å². The molecule has 7 heteroatoms. The largest absolute Gasteiger partial charge is 0.459 e. The van der Waals surface area contributed by atoms with Crippen LogP contribution >= 0.6 is 0 Å². The summed E-state index contributed by atoms with van der Waals surface area (Å²) in [6, 6.07) is 16.6. The Morgan fingerprint density at radius 3 is 2.30 bits per heavy atom. The normalized spacial score (nSPS) is 24.2. The lowest BCUT2D eigenvalue weighted by molar-refractivity contribution is -0.272. The predicted molar refractivity (Wildman–Crippen MR) is 144 cm³/mol. The average molecular weight is 498 g/mol. The SMILES string of the molecule is CC(C)(C)C(=O)OC12CC(CNc3cc(N4CCc5ccccc5CC4)nc(-c4ccccn4)n3)(C1)C2. The van der Waals surface area contributed by atoms with Gasteiger partial charge in [0, 0.05) is 31.9 Å². The molecule has 192 valence electrons. The first-order valence-corrected chi connectivity index (χ1v) is 13.3. The second-order valence-corrected chi connectivity index (χ2v) is 12.1. The van der Waals surface area contributed by atoms with Gasteiger partial charge < -0.3 is 15.0 Å². The molecule has 0 unspecified atom stereocenters. The number of fused-ring (bicyclic) bond motifs is 1. The van der Waals surface area contributed by atoms with Crippen LogP contribution in [0.5, 0.6) is 0 Å². The van der Waals surface area contributed by atoms with Crippen LogP contribution in [0.25, 0.3) is 11.5 Å². The van der Waals surface area contributed by atoms with Crippen molar-refractivity contribution in [3.8, 4) is 11.5 Å². The van der Waals surface area contributed by atoms with Gasteiger partial charge in [-0.05, 0) is 81.5 Å². The Hall–Kier alpha value is -3.48. The summed E-state index contributed by atoms with van der Waals surface area (Å²) in [6.07, 6.45) is 6.54. The first-order valence-electron chi connectivity index (χ1n) is 13.3. The van der Waals surface area contributed by atoms with Gasteiger partial charge in [-0.1, -0.05) is 30.3 Å². The smallest absolute Gasteiger partial charge is 0.311 e. The molecule has 0 saturated heterocycles. The molecule has 37 heavy (non-hydrogen) atoms. The lowest BCUT2D eigenvalue weighted by Crippen LogP contribution is -2.71. The molecule has 3 fully saturated rings. The first kappa shape index (κ1) is 23.9. The average Bonchev–Trinajstić information content (AvgIpc) is 3.07. The van der Waals surface area contributed by atoms with Gasteiger partial charge in [0.1, 0.15) is 22.9 Å². The molecule has 1 aromatic carbocycles. The number of anilines is 2. The van der Waals surface area contributed by atoms with E-state index in [-0.39, 0.29) is 17.0 Å². The molecule has 1 aliphatic heterocycles.